The van der Waals surface area contributed by atoms with Gasteiger partial charge in [0, 0.05) is 13.1 Å². The molecule has 0 aliphatic carbocycles. The molecule has 1 N–H and O–H groups in total. The van der Waals surface area contributed by atoms with Gasteiger partial charge in [0.2, 0.25) is 0 Å². The van der Waals surface area contributed by atoms with Gasteiger partial charge in [-0.1, -0.05) is 12.1 Å². The minimum atomic E-state index is 0.865. The van der Waals surface area contributed by atoms with E-state index in [2.05, 4.69) is 11.4 Å². The lowest BCUT2D eigenvalue weighted by Gasteiger charge is -2.13. The highest BCUT2D eigenvalue weighted by atomic mass is 16.5. The van der Waals surface area contributed by atoms with E-state index < -0.39 is 0 Å². The van der Waals surface area contributed by atoms with Crippen LogP contribution in [-0.2, 0) is 0 Å². The summed E-state index contributed by atoms with van der Waals surface area (Å²) in [7, 11) is 3.36. The number of ether oxygens (including phenoxy) is 2. The second-order valence-electron chi connectivity index (χ2n) is 3.40. The Bertz CT molecular complexity index is 363. The largest absolute Gasteiger partial charge is 0.496 e. The number of hydrogen-bond acceptors (Lipinski definition) is 3. The maximum atomic E-state index is 5.35. The highest BCUT2D eigenvalue weighted by Gasteiger charge is 2.16. The Morgan fingerprint density at radius 1 is 1.13 bits per heavy atom. The van der Waals surface area contributed by atoms with Gasteiger partial charge in [-0.25, -0.2) is 0 Å². The molecule has 1 aromatic rings. The first-order chi connectivity index (χ1) is 7.36. The first-order valence-corrected chi connectivity index (χ1v) is 4.98. The number of methoxy groups -OCH3 is 2. The van der Waals surface area contributed by atoms with Crippen LogP contribution >= 0.6 is 0 Å². The zero-order chi connectivity index (χ0) is 10.7. The highest BCUT2D eigenvalue weighted by molar-refractivity contribution is 5.77. The van der Waals surface area contributed by atoms with Crippen molar-refractivity contribution in [2.75, 3.05) is 27.3 Å². The van der Waals surface area contributed by atoms with Crippen LogP contribution in [0.15, 0.2) is 24.3 Å². The van der Waals surface area contributed by atoms with Crippen LogP contribution in [0.3, 0.4) is 0 Å². The van der Waals surface area contributed by atoms with Crippen molar-refractivity contribution in [3.63, 3.8) is 0 Å². The van der Waals surface area contributed by atoms with E-state index in [1.165, 1.54) is 5.57 Å². The first-order valence-electron chi connectivity index (χ1n) is 4.98. The van der Waals surface area contributed by atoms with E-state index in [0.717, 1.165) is 30.2 Å². The van der Waals surface area contributed by atoms with E-state index in [9.17, 15) is 0 Å². The van der Waals surface area contributed by atoms with E-state index in [1.54, 1.807) is 14.2 Å². The molecule has 3 heteroatoms. The first kappa shape index (κ1) is 10.1. The van der Waals surface area contributed by atoms with Gasteiger partial charge in [-0.15, -0.1) is 0 Å². The molecular weight excluding hydrogens is 190 g/mol. The molecule has 1 aliphatic rings. The predicted molar refractivity (Wildman–Crippen MR) is 60.4 cm³/mol. The van der Waals surface area contributed by atoms with Crippen molar-refractivity contribution in [1.82, 2.24) is 5.32 Å². The maximum absolute atomic E-state index is 5.35. The fraction of sp³-hybridized carbons (Fsp3) is 0.333. The van der Waals surface area contributed by atoms with E-state index in [1.807, 2.05) is 18.2 Å². The van der Waals surface area contributed by atoms with Gasteiger partial charge in [-0.05, 0) is 17.7 Å². The van der Waals surface area contributed by atoms with Crippen LogP contribution in [0.4, 0.5) is 0 Å². The minimum Gasteiger partial charge on any atom is -0.496 e. The summed E-state index contributed by atoms with van der Waals surface area (Å²) < 4.78 is 10.7. The minimum absolute atomic E-state index is 0.865. The van der Waals surface area contributed by atoms with Gasteiger partial charge in [0.15, 0.2) is 0 Å². The summed E-state index contributed by atoms with van der Waals surface area (Å²) in [5.74, 6) is 1.73. The van der Waals surface area contributed by atoms with Crippen LogP contribution in [-0.4, -0.2) is 27.3 Å². The summed E-state index contributed by atoms with van der Waals surface area (Å²) in [4.78, 5) is 0. The topological polar surface area (TPSA) is 30.5 Å². The van der Waals surface area contributed by atoms with Crippen molar-refractivity contribution in [2.24, 2.45) is 0 Å². The Labute approximate surface area is 89.7 Å². The fourth-order valence-electron chi connectivity index (χ4n) is 1.83. The molecule has 0 atom stereocenters. The van der Waals surface area contributed by atoms with E-state index in [-0.39, 0.29) is 0 Å². The zero-order valence-corrected chi connectivity index (χ0v) is 9.04. The highest BCUT2D eigenvalue weighted by Crippen LogP contribution is 2.35. The molecule has 0 saturated heterocycles. The van der Waals surface area contributed by atoms with Crippen molar-refractivity contribution in [2.45, 2.75) is 0 Å². The van der Waals surface area contributed by atoms with Crippen LogP contribution in [0.5, 0.6) is 11.5 Å². The average molecular weight is 205 g/mol. The predicted octanol–water partition coefficient (Wildman–Crippen LogP) is 1.69. The lowest BCUT2D eigenvalue weighted by Crippen LogP contribution is -2.08. The van der Waals surface area contributed by atoms with E-state index >= 15 is 0 Å². The third-order valence-electron chi connectivity index (χ3n) is 2.56. The van der Waals surface area contributed by atoms with E-state index in [4.69, 9.17) is 9.47 Å². The normalized spacial score (nSPS) is 14.9. The summed E-state index contributed by atoms with van der Waals surface area (Å²) in [6.45, 7) is 1.78. The number of nitrogens with one attached hydrogen (secondary N) is 1. The summed E-state index contributed by atoms with van der Waals surface area (Å²) in [5, 5.41) is 3.27. The van der Waals surface area contributed by atoms with Crippen LogP contribution in [0.1, 0.15) is 5.56 Å². The Morgan fingerprint density at radius 2 is 1.80 bits per heavy atom. The zero-order valence-electron chi connectivity index (χ0n) is 9.04. The Morgan fingerprint density at radius 3 is 2.27 bits per heavy atom. The lowest BCUT2D eigenvalue weighted by atomic mass is 10.0. The van der Waals surface area contributed by atoms with Crippen molar-refractivity contribution in [3.05, 3.63) is 29.8 Å². The van der Waals surface area contributed by atoms with Crippen LogP contribution in [0, 0.1) is 0 Å². The van der Waals surface area contributed by atoms with Crippen LogP contribution in [0.25, 0.3) is 5.57 Å². The van der Waals surface area contributed by atoms with Crippen molar-refractivity contribution in [3.8, 4) is 11.5 Å². The molecule has 1 aliphatic heterocycles. The standard InChI is InChI=1S/C12H15NO2/c1-14-10-4-3-5-11(15-2)12(10)9-6-7-13-8-9/h3-6,13H,7-8H2,1-2H3. The molecule has 80 valence electrons. The lowest BCUT2D eigenvalue weighted by molar-refractivity contribution is 0.392. The molecule has 3 nitrogen and oxygen atoms in total. The van der Waals surface area contributed by atoms with Crippen molar-refractivity contribution >= 4 is 5.57 Å². The molecule has 1 heterocycles. The van der Waals surface area contributed by atoms with Gasteiger partial charge in [-0.2, -0.15) is 0 Å². The van der Waals surface area contributed by atoms with Crippen LogP contribution in [0.2, 0.25) is 0 Å². The monoisotopic (exact) mass is 205 g/mol. The summed E-state index contributed by atoms with van der Waals surface area (Å²) >= 11 is 0. The van der Waals surface area contributed by atoms with Gasteiger partial charge in [0.05, 0.1) is 19.8 Å². The van der Waals surface area contributed by atoms with E-state index in [0.29, 0.717) is 0 Å². The second-order valence-corrected chi connectivity index (χ2v) is 3.40. The molecule has 2 rings (SSSR count). The molecule has 0 amide bonds. The molecule has 0 radical (unpaired) electrons. The van der Waals surface area contributed by atoms with Gasteiger partial charge in [-0.3, -0.25) is 0 Å². The molecule has 0 fully saturated rings. The van der Waals surface area contributed by atoms with Gasteiger partial charge in [0.25, 0.3) is 0 Å². The fourth-order valence-corrected chi connectivity index (χ4v) is 1.83. The SMILES string of the molecule is COc1cccc(OC)c1C1=CCNC1. The number of rotatable bonds is 3. The van der Waals surface area contributed by atoms with Gasteiger partial charge >= 0.3 is 0 Å². The molecule has 0 aromatic heterocycles. The molecule has 0 spiro atoms. The third-order valence-corrected chi connectivity index (χ3v) is 2.56. The molecule has 0 bridgehead atoms. The molecule has 15 heavy (non-hydrogen) atoms. The second kappa shape index (κ2) is 4.36. The third kappa shape index (κ3) is 1.83. The smallest absolute Gasteiger partial charge is 0.130 e. The van der Waals surface area contributed by atoms with Crippen molar-refractivity contribution in [1.29, 1.82) is 0 Å². The molecule has 0 unspecified atom stereocenters. The van der Waals surface area contributed by atoms with Gasteiger partial charge in [0.1, 0.15) is 11.5 Å². The quantitative estimate of drug-likeness (QED) is 0.814. The Hall–Kier alpha value is -1.48. The number of benzene rings is 1. The molecule has 1 aromatic carbocycles. The number of hydrogen-bond donors (Lipinski definition) is 1. The Balaban J connectivity index is 2.49. The summed E-state index contributed by atoms with van der Waals surface area (Å²) in [5.41, 5.74) is 2.30. The molecule has 0 saturated carbocycles. The molecular formula is C12H15NO2. The van der Waals surface area contributed by atoms with Gasteiger partial charge < -0.3 is 14.8 Å². The Kier molecular flexibility index (Phi) is 2.92. The summed E-state index contributed by atoms with van der Waals surface area (Å²) in [6, 6.07) is 5.85. The maximum Gasteiger partial charge on any atom is 0.130 e. The van der Waals surface area contributed by atoms with Crippen molar-refractivity contribution < 1.29 is 9.47 Å². The average Bonchev–Trinajstić information content (AvgIpc) is 2.81. The summed E-state index contributed by atoms with van der Waals surface area (Å²) in [6.07, 6.45) is 2.17. The van der Waals surface area contributed by atoms with Crippen LogP contribution < -0.4 is 14.8 Å².